The highest BCUT2D eigenvalue weighted by Crippen LogP contribution is 2.26. The summed E-state index contributed by atoms with van der Waals surface area (Å²) in [5.41, 5.74) is 2.08. The maximum absolute atomic E-state index is 13.0. The summed E-state index contributed by atoms with van der Waals surface area (Å²) in [7, 11) is -3.82. The van der Waals surface area contributed by atoms with E-state index in [0.29, 0.717) is 5.69 Å². The minimum atomic E-state index is -3.82. The number of carbonyl (C=O) groups excluding carboxylic acids is 1. The van der Waals surface area contributed by atoms with Crippen LogP contribution in [0.1, 0.15) is 15.9 Å². The van der Waals surface area contributed by atoms with Crippen LogP contribution in [0.3, 0.4) is 0 Å². The fraction of sp³-hybridized carbons (Fsp3) is 0.0417. The summed E-state index contributed by atoms with van der Waals surface area (Å²) in [6.45, 7) is 1.89. The smallest absolute Gasteiger partial charge is 0.261 e. The van der Waals surface area contributed by atoms with E-state index in [0.717, 1.165) is 16.3 Å². The normalized spacial score (nSPS) is 11.2. The van der Waals surface area contributed by atoms with Gasteiger partial charge in [0.1, 0.15) is 0 Å². The maximum atomic E-state index is 13.0. The minimum absolute atomic E-state index is 0.136. The van der Waals surface area contributed by atoms with Crippen molar-refractivity contribution in [2.45, 2.75) is 11.8 Å². The first kappa shape index (κ1) is 19.7. The lowest BCUT2D eigenvalue weighted by Gasteiger charge is -2.14. The molecule has 0 saturated heterocycles. The van der Waals surface area contributed by atoms with E-state index in [4.69, 9.17) is 0 Å². The molecule has 0 unspecified atom stereocenters. The second kappa shape index (κ2) is 8.00. The van der Waals surface area contributed by atoms with Gasteiger partial charge in [0.05, 0.1) is 16.1 Å². The van der Waals surface area contributed by atoms with Crippen LogP contribution in [0, 0.1) is 6.92 Å². The highest BCUT2D eigenvalue weighted by Gasteiger charge is 2.19. The number of aryl methyl sites for hydroxylation is 1. The lowest BCUT2D eigenvalue weighted by atomic mass is 10.1. The third-order valence-corrected chi connectivity index (χ3v) is 6.17. The van der Waals surface area contributed by atoms with Crippen LogP contribution in [0.4, 0.5) is 11.4 Å². The Morgan fingerprint density at radius 3 is 2.17 bits per heavy atom. The molecule has 0 aliphatic rings. The van der Waals surface area contributed by atoms with Crippen molar-refractivity contribution in [3.63, 3.8) is 0 Å². The molecule has 0 aliphatic carbocycles. The van der Waals surface area contributed by atoms with Gasteiger partial charge in [-0.05, 0) is 42.6 Å². The predicted molar refractivity (Wildman–Crippen MR) is 120 cm³/mol. The zero-order valence-electron chi connectivity index (χ0n) is 16.3. The number of amides is 1. The first-order valence-corrected chi connectivity index (χ1v) is 10.9. The summed E-state index contributed by atoms with van der Waals surface area (Å²) in [5.74, 6) is -0.395. The van der Waals surface area contributed by atoms with Crippen molar-refractivity contribution in [2.75, 3.05) is 10.0 Å². The van der Waals surface area contributed by atoms with E-state index in [9.17, 15) is 13.2 Å². The Kier molecular flexibility index (Phi) is 5.25. The molecule has 4 aromatic rings. The van der Waals surface area contributed by atoms with Crippen LogP contribution in [-0.2, 0) is 10.0 Å². The van der Waals surface area contributed by atoms with Gasteiger partial charge in [-0.1, -0.05) is 66.2 Å². The third-order valence-electron chi connectivity index (χ3n) is 4.79. The fourth-order valence-electron chi connectivity index (χ4n) is 3.22. The monoisotopic (exact) mass is 416 g/mol. The summed E-state index contributed by atoms with van der Waals surface area (Å²) >= 11 is 0. The van der Waals surface area contributed by atoms with E-state index in [1.165, 1.54) is 12.1 Å². The Morgan fingerprint density at radius 2 is 1.37 bits per heavy atom. The molecule has 30 heavy (non-hydrogen) atoms. The maximum Gasteiger partial charge on any atom is 0.261 e. The minimum Gasteiger partial charge on any atom is -0.321 e. The number of anilines is 2. The van der Waals surface area contributed by atoms with Gasteiger partial charge >= 0.3 is 0 Å². The Labute approximate surface area is 175 Å². The standard InChI is InChI=1S/C24H20N2O3S/c1-17-13-15-19(16-14-17)30(28,29)26-23-11-5-4-10-21(23)24(27)25-22-12-6-8-18-7-2-3-9-20(18)22/h2-16,26H,1H3,(H,25,27). The number of carbonyl (C=O) groups is 1. The van der Waals surface area contributed by atoms with Crippen molar-refractivity contribution >= 4 is 38.1 Å². The summed E-state index contributed by atoms with van der Waals surface area (Å²) in [4.78, 5) is 13.1. The first-order valence-electron chi connectivity index (χ1n) is 9.42. The second-order valence-electron chi connectivity index (χ2n) is 6.94. The zero-order chi connectivity index (χ0) is 21.1. The predicted octanol–water partition coefficient (Wildman–Crippen LogP) is 5.20. The second-order valence-corrected chi connectivity index (χ2v) is 8.63. The number of benzene rings is 4. The van der Waals surface area contributed by atoms with Crippen LogP contribution in [-0.4, -0.2) is 14.3 Å². The highest BCUT2D eigenvalue weighted by atomic mass is 32.2. The van der Waals surface area contributed by atoms with Crippen LogP contribution in [0.5, 0.6) is 0 Å². The molecule has 4 aromatic carbocycles. The molecule has 0 atom stereocenters. The summed E-state index contributed by atoms with van der Waals surface area (Å²) in [6.07, 6.45) is 0. The van der Waals surface area contributed by atoms with Crippen molar-refractivity contribution in [3.05, 3.63) is 102 Å². The van der Waals surface area contributed by atoms with Gasteiger partial charge < -0.3 is 5.32 Å². The topological polar surface area (TPSA) is 75.3 Å². The Balaban J connectivity index is 1.64. The molecule has 0 saturated carbocycles. The molecule has 0 fully saturated rings. The molecule has 0 heterocycles. The SMILES string of the molecule is Cc1ccc(S(=O)(=O)Nc2ccccc2C(=O)Nc2cccc3ccccc23)cc1. The molecule has 0 radical (unpaired) electrons. The number of nitrogens with one attached hydrogen (secondary N) is 2. The lowest BCUT2D eigenvalue weighted by molar-refractivity contribution is 0.102. The molecular weight excluding hydrogens is 396 g/mol. The van der Waals surface area contributed by atoms with Crippen LogP contribution in [0.15, 0.2) is 95.9 Å². The van der Waals surface area contributed by atoms with E-state index in [2.05, 4.69) is 10.0 Å². The number of para-hydroxylation sites is 1. The lowest BCUT2D eigenvalue weighted by Crippen LogP contribution is -2.18. The van der Waals surface area contributed by atoms with Crippen molar-refractivity contribution in [1.82, 2.24) is 0 Å². The summed E-state index contributed by atoms with van der Waals surface area (Å²) in [6, 6.07) is 26.5. The van der Waals surface area contributed by atoms with Crippen molar-refractivity contribution in [3.8, 4) is 0 Å². The molecule has 150 valence electrons. The number of fused-ring (bicyclic) bond motifs is 1. The van der Waals surface area contributed by atoms with E-state index in [-0.39, 0.29) is 16.1 Å². The van der Waals surface area contributed by atoms with Crippen LogP contribution in [0.2, 0.25) is 0 Å². The van der Waals surface area contributed by atoms with Gasteiger partial charge in [0, 0.05) is 11.1 Å². The molecule has 0 aliphatic heterocycles. The summed E-state index contributed by atoms with van der Waals surface area (Å²) < 4.78 is 28.1. The van der Waals surface area contributed by atoms with Gasteiger partial charge in [-0.3, -0.25) is 9.52 Å². The summed E-state index contributed by atoms with van der Waals surface area (Å²) in [5, 5.41) is 4.81. The molecule has 0 spiro atoms. The molecule has 0 aromatic heterocycles. The van der Waals surface area contributed by atoms with E-state index >= 15 is 0 Å². The third kappa shape index (κ3) is 4.04. The van der Waals surface area contributed by atoms with Gasteiger partial charge in [0.25, 0.3) is 15.9 Å². The van der Waals surface area contributed by atoms with Crippen LogP contribution in [0.25, 0.3) is 10.8 Å². The van der Waals surface area contributed by atoms with Crippen LogP contribution < -0.4 is 10.0 Å². The van der Waals surface area contributed by atoms with E-state index in [1.54, 1.807) is 36.4 Å². The van der Waals surface area contributed by atoms with Crippen LogP contribution >= 0.6 is 0 Å². The average Bonchev–Trinajstić information content (AvgIpc) is 2.74. The molecule has 4 rings (SSSR count). The van der Waals surface area contributed by atoms with Crippen molar-refractivity contribution < 1.29 is 13.2 Å². The van der Waals surface area contributed by atoms with Gasteiger partial charge in [0.15, 0.2) is 0 Å². The molecule has 6 heteroatoms. The molecule has 0 bridgehead atoms. The largest absolute Gasteiger partial charge is 0.321 e. The molecule has 1 amide bonds. The Hall–Kier alpha value is -3.64. The number of rotatable bonds is 5. The van der Waals surface area contributed by atoms with Gasteiger partial charge in [0.2, 0.25) is 0 Å². The highest BCUT2D eigenvalue weighted by molar-refractivity contribution is 7.92. The van der Waals surface area contributed by atoms with Gasteiger partial charge in [-0.25, -0.2) is 8.42 Å². The van der Waals surface area contributed by atoms with Crippen molar-refractivity contribution in [1.29, 1.82) is 0 Å². The number of sulfonamides is 1. The van der Waals surface area contributed by atoms with Gasteiger partial charge in [-0.15, -0.1) is 0 Å². The Bertz CT molecular complexity index is 1320. The van der Waals surface area contributed by atoms with Gasteiger partial charge in [-0.2, -0.15) is 0 Å². The fourth-order valence-corrected chi connectivity index (χ4v) is 4.30. The zero-order valence-corrected chi connectivity index (χ0v) is 17.1. The van der Waals surface area contributed by atoms with Crippen molar-refractivity contribution in [2.24, 2.45) is 0 Å². The molecule has 5 nitrogen and oxygen atoms in total. The number of hydrogen-bond donors (Lipinski definition) is 2. The average molecular weight is 417 g/mol. The van der Waals surface area contributed by atoms with E-state index < -0.39 is 15.9 Å². The quantitative estimate of drug-likeness (QED) is 0.469. The Morgan fingerprint density at radius 1 is 0.733 bits per heavy atom. The van der Waals surface area contributed by atoms with E-state index in [1.807, 2.05) is 49.4 Å². The molecular formula is C24H20N2O3S. The first-order chi connectivity index (χ1) is 14.4. The number of hydrogen-bond acceptors (Lipinski definition) is 3. The molecule has 2 N–H and O–H groups in total.